The number of hydrogen-bond donors (Lipinski definition) is 2. The fourth-order valence-electron chi connectivity index (χ4n) is 2.38. The molecule has 3 aromatic carbocycles. The van der Waals surface area contributed by atoms with Crippen LogP contribution in [0.4, 0.5) is 0 Å². The van der Waals surface area contributed by atoms with E-state index in [1.165, 1.54) is 0 Å². The summed E-state index contributed by atoms with van der Waals surface area (Å²) in [6, 6.07) is 18.8. The predicted molar refractivity (Wildman–Crippen MR) is 82.3 cm³/mol. The Hall–Kier alpha value is -2.65. The van der Waals surface area contributed by atoms with Crippen LogP contribution >= 0.6 is 0 Å². The third kappa shape index (κ3) is 2.64. The number of benzene rings is 3. The average Bonchev–Trinajstić information content (AvgIpc) is 2.54. The quantitative estimate of drug-likeness (QED) is 0.768. The molecule has 0 fully saturated rings. The fourth-order valence-corrected chi connectivity index (χ4v) is 2.38. The Balaban J connectivity index is 2.02. The highest BCUT2D eigenvalue weighted by Crippen LogP contribution is 2.25. The number of aliphatic hydroxyl groups excluding tert-OH is 1. The van der Waals surface area contributed by atoms with Gasteiger partial charge in [0.1, 0.15) is 0 Å². The molecule has 0 bridgehead atoms. The monoisotopic (exact) mass is 278 g/mol. The number of carbonyl (C=O) groups is 1. The topological polar surface area (TPSA) is 57.5 Å². The number of aliphatic hydroxyl groups is 1. The standard InChI is InChI=1S/C18H14O3/c19-11-12-1-2-17-10-16(8-7-15(17)9-12)13-3-5-14(6-4-13)18(20)21/h1-10,19H,11H2,(H,20,21). The van der Waals surface area contributed by atoms with Crippen LogP contribution in [0.2, 0.25) is 0 Å². The van der Waals surface area contributed by atoms with Gasteiger partial charge in [-0.05, 0) is 51.7 Å². The Morgan fingerprint density at radius 1 is 0.810 bits per heavy atom. The van der Waals surface area contributed by atoms with E-state index in [0.29, 0.717) is 0 Å². The SMILES string of the molecule is O=C(O)c1ccc(-c2ccc3cc(CO)ccc3c2)cc1. The summed E-state index contributed by atoms with van der Waals surface area (Å²) < 4.78 is 0. The molecule has 0 aliphatic rings. The Labute approximate surface area is 122 Å². The van der Waals surface area contributed by atoms with E-state index in [0.717, 1.165) is 27.5 Å². The van der Waals surface area contributed by atoms with Crippen LogP contribution < -0.4 is 0 Å². The van der Waals surface area contributed by atoms with E-state index >= 15 is 0 Å². The number of carboxylic acids is 1. The number of fused-ring (bicyclic) bond motifs is 1. The van der Waals surface area contributed by atoms with E-state index in [1.807, 2.05) is 42.5 Å². The molecule has 0 spiro atoms. The molecule has 0 amide bonds. The summed E-state index contributed by atoms with van der Waals surface area (Å²) in [4.78, 5) is 10.9. The summed E-state index contributed by atoms with van der Waals surface area (Å²) in [7, 11) is 0. The number of rotatable bonds is 3. The van der Waals surface area contributed by atoms with E-state index in [1.54, 1.807) is 12.1 Å². The van der Waals surface area contributed by atoms with Gasteiger partial charge in [-0.1, -0.05) is 36.4 Å². The maximum Gasteiger partial charge on any atom is 0.335 e. The van der Waals surface area contributed by atoms with Crippen molar-refractivity contribution < 1.29 is 15.0 Å². The molecule has 21 heavy (non-hydrogen) atoms. The Bertz CT molecular complexity index is 804. The Morgan fingerprint density at radius 2 is 1.43 bits per heavy atom. The summed E-state index contributed by atoms with van der Waals surface area (Å²) in [6.45, 7) is 0.0361. The summed E-state index contributed by atoms with van der Waals surface area (Å²) in [5.41, 5.74) is 3.19. The molecule has 0 aliphatic heterocycles. The van der Waals surface area contributed by atoms with Crippen LogP contribution in [0.5, 0.6) is 0 Å². The van der Waals surface area contributed by atoms with E-state index in [9.17, 15) is 4.79 Å². The second-order valence-electron chi connectivity index (χ2n) is 4.94. The van der Waals surface area contributed by atoms with Crippen molar-refractivity contribution in [2.24, 2.45) is 0 Å². The zero-order chi connectivity index (χ0) is 14.8. The summed E-state index contributed by atoms with van der Waals surface area (Å²) in [5.74, 6) is -0.920. The maximum atomic E-state index is 10.9. The average molecular weight is 278 g/mol. The first kappa shape index (κ1) is 13.3. The normalized spacial score (nSPS) is 10.7. The third-order valence-electron chi connectivity index (χ3n) is 3.55. The lowest BCUT2D eigenvalue weighted by molar-refractivity contribution is 0.0697. The van der Waals surface area contributed by atoms with Gasteiger partial charge in [0.05, 0.1) is 12.2 Å². The second-order valence-corrected chi connectivity index (χ2v) is 4.94. The van der Waals surface area contributed by atoms with E-state index in [-0.39, 0.29) is 12.2 Å². The molecule has 0 aromatic heterocycles. The zero-order valence-corrected chi connectivity index (χ0v) is 11.3. The highest BCUT2D eigenvalue weighted by Gasteiger charge is 2.04. The van der Waals surface area contributed by atoms with Crippen molar-refractivity contribution in [2.45, 2.75) is 6.61 Å². The van der Waals surface area contributed by atoms with E-state index < -0.39 is 5.97 Å². The van der Waals surface area contributed by atoms with E-state index in [2.05, 4.69) is 6.07 Å². The van der Waals surface area contributed by atoms with Crippen molar-refractivity contribution in [3.63, 3.8) is 0 Å². The highest BCUT2D eigenvalue weighted by molar-refractivity contribution is 5.90. The fraction of sp³-hybridized carbons (Fsp3) is 0.0556. The van der Waals surface area contributed by atoms with Gasteiger partial charge in [-0.3, -0.25) is 0 Å². The third-order valence-corrected chi connectivity index (χ3v) is 3.55. The summed E-state index contributed by atoms with van der Waals surface area (Å²) >= 11 is 0. The smallest absolute Gasteiger partial charge is 0.335 e. The molecule has 0 unspecified atom stereocenters. The number of aromatic carboxylic acids is 1. The van der Waals surface area contributed by atoms with Crippen molar-refractivity contribution in [3.8, 4) is 11.1 Å². The predicted octanol–water partition coefficient (Wildman–Crippen LogP) is 3.70. The molecule has 104 valence electrons. The minimum atomic E-state index is -0.920. The van der Waals surface area contributed by atoms with Crippen LogP contribution in [0.3, 0.4) is 0 Å². The second kappa shape index (κ2) is 5.38. The van der Waals surface area contributed by atoms with Gasteiger partial charge in [-0.25, -0.2) is 4.79 Å². The van der Waals surface area contributed by atoms with Crippen molar-refractivity contribution in [1.82, 2.24) is 0 Å². The van der Waals surface area contributed by atoms with Crippen molar-refractivity contribution in [1.29, 1.82) is 0 Å². The molecule has 3 nitrogen and oxygen atoms in total. The van der Waals surface area contributed by atoms with Crippen LogP contribution in [0, 0.1) is 0 Å². The molecule has 0 atom stereocenters. The molecule has 0 saturated carbocycles. The van der Waals surface area contributed by atoms with Gasteiger partial charge in [0, 0.05) is 0 Å². The van der Waals surface area contributed by atoms with Gasteiger partial charge >= 0.3 is 5.97 Å². The molecule has 0 heterocycles. The van der Waals surface area contributed by atoms with E-state index in [4.69, 9.17) is 10.2 Å². The molecule has 3 aromatic rings. The van der Waals surface area contributed by atoms with Crippen molar-refractivity contribution in [2.75, 3.05) is 0 Å². The van der Waals surface area contributed by atoms with Crippen LogP contribution in [-0.2, 0) is 6.61 Å². The summed E-state index contributed by atoms with van der Waals surface area (Å²) in [6.07, 6.45) is 0. The zero-order valence-electron chi connectivity index (χ0n) is 11.3. The van der Waals surface area contributed by atoms with Gasteiger partial charge in [0.2, 0.25) is 0 Å². The molecule has 3 rings (SSSR count). The summed E-state index contributed by atoms with van der Waals surface area (Å²) in [5, 5.41) is 20.2. The Kier molecular flexibility index (Phi) is 3.42. The lowest BCUT2D eigenvalue weighted by Gasteiger charge is -2.06. The highest BCUT2D eigenvalue weighted by atomic mass is 16.4. The molecule has 3 heteroatoms. The molecule has 2 N–H and O–H groups in total. The van der Waals surface area contributed by atoms with Crippen LogP contribution in [-0.4, -0.2) is 16.2 Å². The van der Waals surface area contributed by atoms with Crippen LogP contribution in [0.15, 0.2) is 60.7 Å². The first-order chi connectivity index (χ1) is 10.2. The first-order valence-electron chi connectivity index (χ1n) is 6.64. The molecular formula is C18H14O3. The molecule has 0 saturated heterocycles. The molecule has 0 aliphatic carbocycles. The largest absolute Gasteiger partial charge is 0.478 e. The van der Waals surface area contributed by atoms with Crippen LogP contribution in [0.1, 0.15) is 15.9 Å². The van der Waals surface area contributed by atoms with Gasteiger partial charge in [0.15, 0.2) is 0 Å². The van der Waals surface area contributed by atoms with Gasteiger partial charge in [-0.15, -0.1) is 0 Å². The van der Waals surface area contributed by atoms with Gasteiger partial charge < -0.3 is 10.2 Å². The Morgan fingerprint density at radius 3 is 2.10 bits per heavy atom. The molecular weight excluding hydrogens is 264 g/mol. The first-order valence-corrected chi connectivity index (χ1v) is 6.64. The minimum Gasteiger partial charge on any atom is -0.478 e. The van der Waals surface area contributed by atoms with Crippen molar-refractivity contribution >= 4 is 16.7 Å². The molecule has 0 radical (unpaired) electrons. The number of carboxylic acid groups (broad SMARTS) is 1. The lowest BCUT2D eigenvalue weighted by atomic mass is 9.99. The van der Waals surface area contributed by atoms with Gasteiger partial charge in [0.25, 0.3) is 0 Å². The van der Waals surface area contributed by atoms with Gasteiger partial charge in [-0.2, -0.15) is 0 Å². The van der Waals surface area contributed by atoms with Crippen LogP contribution in [0.25, 0.3) is 21.9 Å². The maximum absolute atomic E-state index is 10.9. The number of hydrogen-bond acceptors (Lipinski definition) is 2. The van der Waals surface area contributed by atoms with Crippen molar-refractivity contribution in [3.05, 3.63) is 71.8 Å². The minimum absolute atomic E-state index is 0.0361. The lowest BCUT2D eigenvalue weighted by Crippen LogP contribution is -1.94.